The molecule has 2 aromatic carbocycles. The van der Waals surface area contributed by atoms with Crippen LogP contribution in [0, 0.1) is 0 Å². The Hall–Kier alpha value is -2.86. The molecule has 0 bridgehead atoms. The zero-order valence-corrected chi connectivity index (χ0v) is 19.5. The van der Waals surface area contributed by atoms with Crippen LogP contribution in [-0.2, 0) is 4.79 Å². The third-order valence-electron chi connectivity index (χ3n) is 7.45. The molecule has 3 aliphatic rings. The minimum Gasteiger partial charge on any atom is -0.497 e. The second kappa shape index (κ2) is 9.18. The highest BCUT2D eigenvalue weighted by atomic mass is 16.5. The molecule has 2 aliphatic heterocycles. The number of carbonyl (C=O) groups is 2. The number of nitrogens with zero attached hydrogens (tertiary/aromatic N) is 2. The van der Waals surface area contributed by atoms with E-state index in [9.17, 15) is 9.59 Å². The van der Waals surface area contributed by atoms with Gasteiger partial charge in [-0.15, -0.1) is 0 Å². The minimum absolute atomic E-state index is 0.00336. The fourth-order valence-electron chi connectivity index (χ4n) is 5.64. The number of likely N-dealkylation sites (tertiary alicyclic amines) is 1. The van der Waals surface area contributed by atoms with Gasteiger partial charge in [0, 0.05) is 24.2 Å². The summed E-state index contributed by atoms with van der Waals surface area (Å²) in [6, 6.07) is 15.7. The van der Waals surface area contributed by atoms with Crippen LogP contribution < -0.4 is 10.1 Å². The highest BCUT2D eigenvalue weighted by Gasteiger charge is 2.49. The van der Waals surface area contributed by atoms with Gasteiger partial charge in [-0.3, -0.25) is 14.5 Å². The van der Waals surface area contributed by atoms with Gasteiger partial charge in [0.2, 0.25) is 5.91 Å². The summed E-state index contributed by atoms with van der Waals surface area (Å²) in [5.74, 6) is 0.302. The van der Waals surface area contributed by atoms with E-state index < -0.39 is 5.92 Å². The fraction of sp³-hybridized carbons (Fsp3) is 0.481. The summed E-state index contributed by atoms with van der Waals surface area (Å²) in [6.45, 7) is 4.92. The van der Waals surface area contributed by atoms with Crippen molar-refractivity contribution in [2.45, 2.75) is 56.7 Å². The average molecular weight is 448 g/mol. The van der Waals surface area contributed by atoms with E-state index in [0.29, 0.717) is 18.2 Å². The van der Waals surface area contributed by atoms with Gasteiger partial charge in [-0.2, -0.15) is 0 Å². The number of amides is 2. The van der Waals surface area contributed by atoms with Crippen molar-refractivity contribution in [2.75, 3.05) is 26.7 Å². The molecule has 33 heavy (non-hydrogen) atoms. The van der Waals surface area contributed by atoms with Crippen molar-refractivity contribution < 1.29 is 14.3 Å². The lowest BCUT2D eigenvalue weighted by molar-refractivity contribution is -0.124. The van der Waals surface area contributed by atoms with Crippen LogP contribution in [0.25, 0.3) is 0 Å². The van der Waals surface area contributed by atoms with E-state index in [1.165, 1.54) is 6.42 Å². The van der Waals surface area contributed by atoms with Crippen molar-refractivity contribution in [1.29, 1.82) is 0 Å². The Bertz CT molecular complexity index is 1030. The van der Waals surface area contributed by atoms with Crippen LogP contribution in [0.2, 0.25) is 0 Å². The molecule has 0 spiro atoms. The van der Waals surface area contributed by atoms with Crippen molar-refractivity contribution >= 4 is 11.8 Å². The first-order valence-electron chi connectivity index (χ1n) is 12.2. The van der Waals surface area contributed by atoms with Crippen LogP contribution in [0.5, 0.6) is 5.75 Å². The van der Waals surface area contributed by atoms with Gasteiger partial charge in [0.25, 0.3) is 5.91 Å². The lowest BCUT2D eigenvalue weighted by Crippen LogP contribution is -2.49. The Balaban J connectivity index is 1.53. The third kappa shape index (κ3) is 4.12. The molecule has 1 N–H and O–H groups in total. The van der Waals surface area contributed by atoms with Crippen LogP contribution in [0.15, 0.2) is 48.5 Å². The van der Waals surface area contributed by atoms with E-state index in [4.69, 9.17) is 4.74 Å². The summed E-state index contributed by atoms with van der Waals surface area (Å²) in [5, 5.41) is 3.27. The predicted octanol–water partition coefficient (Wildman–Crippen LogP) is 3.74. The summed E-state index contributed by atoms with van der Waals surface area (Å²) < 4.78 is 5.48. The second-order valence-electron chi connectivity index (χ2n) is 9.40. The molecule has 2 amide bonds. The highest BCUT2D eigenvalue weighted by Crippen LogP contribution is 2.48. The Labute approximate surface area is 195 Å². The number of benzene rings is 2. The van der Waals surface area contributed by atoms with Crippen molar-refractivity contribution in [2.24, 2.45) is 0 Å². The second-order valence-corrected chi connectivity index (χ2v) is 9.40. The Morgan fingerprint density at radius 3 is 2.70 bits per heavy atom. The largest absolute Gasteiger partial charge is 0.497 e. The molecule has 1 aliphatic carbocycles. The zero-order chi connectivity index (χ0) is 22.9. The van der Waals surface area contributed by atoms with E-state index in [1.54, 1.807) is 7.11 Å². The normalized spacial score (nSPS) is 25.1. The SMILES string of the molecule is CCN1CCC[C@@H]1CNC(=O)[C@@H]1c2ccccc2C(=O)N(C2CC2)[C@@H]1c1cccc(OC)c1. The van der Waals surface area contributed by atoms with E-state index in [0.717, 1.165) is 49.2 Å². The first kappa shape index (κ1) is 22.0. The zero-order valence-electron chi connectivity index (χ0n) is 19.5. The van der Waals surface area contributed by atoms with Gasteiger partial charge in [0.15, 0.2) is 0 Å². The lowest BCUT2D eigenvalue weighted by atomic mass is 9.79. The maximum atomic E-state index is 13.8. The molecule has 6 nitrogen and oxygen atoms in total. The molecule has 2 heterocycles. The van der Waals surface area contributed by atoms with E-state index >= 15 is 0 Å². The third-order valence-corrected chi connectivity index (χ3v) is 7.45. The molecular formula is C27H33N3O3. The number of nitrogens with one attached hydrogen (secondary N) is 1. The molecule has 1 saturated carbocycles. The molecule has 1 saturated heterocycles. The number of rotatable bonds is 7. The topological polar surface area (TPSA) is 61.9 Å². The molecule has 2 fully saturated rings. The van der Waals surface area contributed by atoms with Gasteiger partial charge in [0.05, 0.1) is 19.1 Å². The Kier molecular flexibility index (Phi) is 6.11. The predicted molar refractivity (Wildman–Crippen MR) is 127 cm³/mol. The van der Waals surface area contributed by atoms with E-state index in [1.807, 2.05) is 53.4 Å². The van der Waals surface area contributed by atoms with E-state index in [2.05, 4.69) is 17.1 Å². The minimum atomic E-state index is -0.455. The first-order valence-corrected chi connectivity index (χ1v) is 12.2. The number of likely N-dealkylation sites (N-methyl/N-ethyl adjacent to an activating group) is 1. The molecular weight excluding hydrogens is 414 g/mol. The van der Waals surface area contributed by atoms with Crippen molar-refractivity contribution in [3.05, 3.63) is 65.2 Å². The molecule has 174 valence electrons. The molecule has 0 unspecified atom stereocenters. The monoisotopic (exact) mass is 447 g/mol. The number of hydrogen-bond acceptors (Lipinski definition) is 4. The maximum absolute atomic E-state index is 13.8. The van der Waals surface area contributed by atoms with E-state index in [-0.39, 0.29) is 23.9 Å². The summed E-state index contributed by atoms with van der Waals surface area (Å²) in [6.07, 6.45) is 4.25. The van der Waals surface area contributed by atoms with Crippen molar-refractivity contribution in [1.82, 2.24) is 15.1 Å². The number of ether oxygens (including phenoxy) is 1. The van der Waals surface area contributed by atoms with Crippen LogP contribution in [0.1, 0.15) is 66.1 Å². The average Bonchev–Trinajstić information content (AvgIpc) is 3.59. The first-order chi connectivity index (χ1) is 16.1. The molecule has 3 atom stereocenters. The van der Waals surface area contributed by atoms with Crippen LogP contribution in [-0.4, -0.2) is 60.4 Å². The van der Waals surface area contributed by atoms with Gasteiger partial charge in [-0.05, 0) is 68.1 Å². The van der Waals surface area contributed by atoms with Gasteiger partial charge < -0.3 is 15.0 Å². The molecule has 2 aromatic rings. The number of methoxy groups -OCH3 is 1. The summed E-state index contributed by atoms with van der Waals surface area (Å²) in [7, 11) is 1.64. The quantitative estimate of drug-likeness (QED) is 0.703. The van der Waals surface area contributed by atoms with Crippen LogP contribution in [0.4, 0.5) is 0 Å². The molecule has 0 radical (unpaired) electrons. The fourth-order valence-corrected chi connectivity index (χ4v) is 5.64. The van der Waals surface area contributed by atoms with Gasteiger partial charge >= 0.3 is 0 Å². The maximum Gasteiger partial charge on any atom is 0.254 e. The van der Waals surface area contributed by atoms with Crippen LogP contribution in [0.3, 0.4) is 0 Å². The molecule has 6 heteroatoms. The Morgan fingerprint density at radius 2 is 1.94 bits per heavy atom. The smallest absolute Gasteiger partial charge is 0.254 e. The summed E-state index contributed by atoms with van der Waals surface area (Å²) in [5.41, 5.74) is 2.42. The molecule has 0 aromatic heterocycles. The molecule has 5 rings (SSSR count). The standard InChI is InChI=1S/C27H33N3O3/c1-3-29-15-7-9-20(29)17-28-26(31)24-22-11-4-5-12-23(22)27(32)30(19-13-14-19)25(24)18-8-6-10-21(16-18)33-2/h4-6,8,10-12,16,19-20,24-25H,3,7,9,13-15,17H2,1-2H3,(H,28,31)/t20-,24-,25-/m1/s1. The summed E-state index contributed by atoms with van der Waals surface area (Å²) >= 11 is 0. The van der Waals surface area contributed by atoms with Gasteiger partial charge in [-0.1, -0.05) is 37.3 Å². The van der Waals surface area contributed by atoms with Crippen LogP contribution >= 0.6 is 0 Å². The van der Waals surface area contributed by atoms with Crippen molar-refractivity contribution in [3.8, 4) is 5.75 Å². The summed E-state index contributed by atoms with van der Waals surface area (Å²) in [4.78, 5) is 31.9. The highest BCUT2D eigenvalue weighted by molar-refractivity contribution is 6.01. The number of hydrogen-bond donors (Lipinski definition) is 1. The van der Waals surface area contributed by atoms with Gasteiger partial charge in [-0.25, -0.2) is 0 Å². The van der Waals surface area contributed by atoms with Crippen molar-refractivity contribution in [3.63, 3.8) is 0 Å². The lowest BCUT2D eigenvalue weighted by Gasteiger charge is -2.42. The number of fused-ring (bicyclic) bond motifs is 1. The Morgan fingerprint density at radius 1 is 1.12 bits per heavy atom. The number of carbonyl (C=O) groups excluding carboxylic acids is 2. The van der Waals surface area contributed by atoms with Gasteiger partial charge in [0.1, 0.15) is 5.75 Å².